The van der Waals surface area contributed by atoms with Crippen LogP contribution in [-0.2, 0) is 0 Å². The Morgan fingerprint density at radius 2 is 2.50 bits per heavy atom. The highest BCUT2D eigenvalue weighted by Crippen LogP contribution is 1.83. The second-order valence-corrected chi connectivity index (χ2v) is 1.62. The Bertz CT molecular complexity index is 72.8. The number of hydrazine groups is 1. The van der Waals surface area contributed by atoms with Crippen molar-refractivity contribution in [1.29, 1.82) is 0 Å². The minimum atomic E-state index is -0.590. The summed E-state index contributed by atoms with van der Waals surface area (Å²) in [6, 6.07) is 0. The number of hydrogen-bond acceptors (Lipinski definition) is 3. The largest absolute Gasteiger partial charge is 0.377 e. The predicted molar refractivity (Wildman–Crippen MR) is 32.8 cm³/mol. The zero-order valence-corrected chi connectivity index (χ0v) is 5.04. The molecule has 0 aliphatic rings. The molecule has 0 saturated carbocycles. The van der Waals surface area contributed by atoms with Crippen LogP contribution in [0.5, 0.6) is 0 Å². The average molecular weight is 116 g/mol. The molecule has 0 aliphatic heterocycles. The van der Waals surface area contributed by atoms with Gasteiger partial charge in [-0.3, -0.25) is 5.84 Å². The highest BCUT2D eigenvalue weighted by atomic mass is 16.3. The van der Waals surface area contributed by atoms with E-state index in [1.54, 1.807) is 13.0 Å². The Balaban J connectivity index is 3.30. The number of rotatable bonds is 3. The van der Waals surface area contributed by atoms with Crippen LogP contribution in [0.1, 0.15) is 6.92 Å². The normalized spacial score (nSPS) is 14.0. The lowest BCUT2D eigenvalue weighted by Crippen LogP contribution is -2.38. The van der Waals surface area contributed by atoms with Crippen LogP contribution in [0, 0.1) is 0 Å². The Hall–Kier alpha value is -0.380. The molecule has 0 saturated heterocycles. The van der Waals surface area contributed by atoms with Crippen LogP contribution >= 0.6 is 0 Å². The summed E-state index contributed by atoms with van der Waals surface area (Å²) < 4.78 is 0. The Labute approximate surface area is 49.4 Å². The lowest BCUT2D eigenvalue weighted by molar-refractivity contribution is 0.0268. The van der Waals surface area contributed by atoms with E-state index in [1.165, 1.54) is 5.01 Å². The van der Waals surface area contributed by atoms with Gasteiger partial charge in [-0.05, 0) is 6.92 Å². The molecule has 0 spiro atoms. The molecule has 0 aliphatic carbocycles. The first-order valence-corrected chi connectivity index (χ1v) is 2.48. The van der Waals surface area contributed by atoms with Crippen LogP contribution in [0.4, 0.5) is 0 Å². The van der Waals surface area contributed by atoms with E-state index < -0.39 is 6.23 Å². The van der Waals surface area contributed by atoms with E-state index in [0.717, 1.165) is 0 Å². The van der Waals surface area contributed by atoms with Crippen molar-refractivity contribution in [2.45, 2.75) is 13.2 Å². The quantitative estimate of drug-likeness (QED) is 0.230. The van der Waals surface area contributed by atoms with E-state index in [9.17, 15) is 0 Å². The van der Waals surface area contributed by atoms with E-state index in [2.05, 4.69) is 6.58 Å². The van der Waals surface area contributed by atoms with Crippen molar-refractivity contribution in [3.8, 4) is 0 Å². The second-order valence-electron chi connectivity index (χ2n) is 1.62. The van der Waals surface area contributed by atoms with Gasteiger partial charge >= 0.3 is 0 Å². The molecular weight excluding hydrogens is 104 g/mol. The van der Waals surface area contributed by atoms with E-state index in [4.69, 9.17) is 10.9 Å². The van der Waals surface area contributed by atoms with Gasteiger partial charge in [0.1, 0.15) is 6.23 Å². The lowest BCUT2D eigenvalue weighted by Gasteiger charge is -2.16. The Morgan fingerprint density at radius 3 is 2.62 bits per heavy atom. The smallest absolute Gasteiger partial charge is 0.117 e. The fourth-order valence-corrected chi connectivity index (χ4v) is 0.302. The fraction of sp³-hybridized carbons (Fsp3) is 0.600. The van der Waals surface area contributed by atoms with E-state index in [-0.39, 0.29) is 0 Å². The van der Waals surface area contributed by atoms with Crippen LogP contribution in [0.2, 0.25) is 0 Å². The monoisotopic (exact) mass is 116 g/mol. The molecule has 8 heavy (non-hydrogen) atoms. The van der Waals surface area contributed by atoms with Crippen molar-refractivity contribution < 1.29 is 5.11 Å². The van der Waals surface area contributed by atoms with Crippen LogP contribution in [-0.4, -0.2) is 22.9 Å². The number of aliphatic hydroxyl groups is 1. The minimum absolute atomic E-state index is 0.512. The molecule has 48 valence electrons. The molecular formula is C5H12N2O. The maximum absolute atomic E-state index is 8.71. The third-order valence-corrected chi connectivity index (χ3v) is 0.820. The molecule has 1 atom stereocenters. The van der Waals surface area contributed by atoms with Crippen LogP contribution in [0.25, 0.3) is 0 Å². The summed E-state index contributed by atoms with van der Waals surface area (Å²) in [7, 11) is 0. The first-order valence-electron chi connectivity index (χ1n) is 2.48. The van der Waals surface area contributed by atoms with Crippen LogP contribution in [0.15, 0.2) is 12.7 Å². The SMILES string of the molecule is C=CCN(N)C(C)O. The second kappa shape index (κ2) is 3.60. The molecule has 1 unspecified atom stereocenters. The number of nitrogens with two attached hydrogens (primary N) is 1. The van der Waals surface area contributed by atoms with Gasteiger partial charge in [-0.15, -0.1) is 6.58 Å². The number of nitrogens with zero attached hydrogens (tertiary/aromatic N) is 1. The van der Waals surface area contributed by atoms with Gasteiger partial charge < -0.3 is 5.11 Å². The van der Waals surface area contributed by atoms with Gasteiger partial charge in [0.25, 0.3) is 0 Å². The van der Waals surface area contributed by atoms with Gasteiger partial charge in [0.15, 0.2) is 0 Å². The summed E-state index contributed by atoms with van der Waals surface area (Å²) in [5.74, 6) is 5.24. The lowest BCUT2D eigenvalue weighted by atomic mass is 10.5. The highest BCUT2D eigenvalue weighted by molar-refractivity contribution is 4.69. The first kappa shape index (κ1) is 7.62. The summed E-state index contributed by atoms with van der Waals surface area (Å²) in [5, 5.41) is 9.99. The van der Waals surface area contributed by atoms with Gasteiger partial charge in [-0.1, -0.05) is 6.08 Å². The maximum atomic E-state index is 8.71. The van der Waals surface area contributed by atoms with Gasteiger partial charge in [0.05, 0.1) is 0 Å². The highest BCUT2D eigenvalue weighted by Gasteiger charge is 1.99. The first-order chi connectivity index (χ1) is 3.68. The van der Waals surface area contributed by atoms with Crippen molar-refractivity contribution in [3.05, 3.63) is 12.7 Å². The molecule has 0 bridgehead atoms. The summed E-state index contributed by atoms with van der Waals surface area (Å²) in [6.07, 6.45) is 1.04. The average Bonchev–Trinajstić information content (AvgIpc) is 1.67. The number of hydrogen-bond donors (Lipinski definition) is 2. The van der Waals surface area contributed by atoms with Crippen LogP contribution in [0.3, 0.4) is 0 Å². The van der Waals surface area contributed by atoms with Crippen molar-refractivity contribution >= 4 is 0 Å². The molecule has 3 heteroatoms. The predicted octanol–water partition coefficient (Wildman–Crippen LogP) is -0.314. The van der Waals surface area contributed by atoms with Gasteiger partial charge in [-0.2, -0.15) is 0 Å². The van der Waals surface area contributed by atoms with Gasteiger partial charge in [0.2, 0.25) is 0 Å². The molecule has 0 amide bonds. The van der Waals surface area contributed by atoms with Crippen molar-refractivity contribution in [1.82, 2.24) is 5.01 Å². The van der Waals surface area contributed by atoms with E-state index >= 15 is 0 Å². The summed E-state index contributed by atoms with van der Waals surface area (Å²) >= 11 is 0. The maximum Gasteiger partial charge on any atom is 0.117 e. The molecule has 0 rings (SSSR count). The van der Waals surface area contributed by atoms with Crippen molar-refractivity contribution in [3.63, 3.8) is 0 Å². The van der Waals surface area contributed by atoms with E-state index in [1.807, 2.05) is 0 Å². The molecule has 0 aromatic carbocycles. The molecule has 3 nitrogen and oxygen atoms in total. The third kappa shape index (κ3) is 2.74. The molecule has 0 radical (unpaired) electrons. The summed E-state index contributed by atoms with van der Waals surface area (Å²) in [4.78, 5) is 0. The Kier molecular flexibility index (Phi) is 3.43. The molecule has 0 heterocycles. The zero-order chi connectivity index (χ0) is 6.57. The van der Waals surface area contributed by atoms with Crippen LogP contribution < -0.4 is 5.84 Å². The van der Waals surface area contributed by atoms with Gasteiger partial charge in [0, 0.05) is 6.54 Å². The third-order valence-electron chi connectivity index (χ3n) is 0.820. The van der Waals surface area contributed by atoms with Crippen molar-refractivity contribution in [2.24, 2.45) is 5.84 Å². The molecule has 0 fully saturated rings. The molecule has 3 N–H and O–H groups in total. The zero-order valence-electron chi connectivity index (χ0n) is 5.04. The van der Waals surface area contributed by atoms with E-state index in [0.29, 0.717) is 6.54 Å². The number of aliphatic hydroxyl groups excluding tert-OH is 1. The topological polar surface area (TPSA) is 49.5 Å². The Morgan fingerprint density at radius 1 is 2.00 bits per heavy atom. The minimum Gasteiger partial charge on any atom is -0.377 e. The van der Waals surface area contributed by atoms with Crippen molar-refractivity contribution in [2.75, 3.05) is 6.54 Å². The summed E-state index contributed by atoms with van der Waals surface area (Å²) in [5.41, 5.74) is 0. The molecule has 0 aromatic heterocycles. The summed E-state index contributed by atoms with van der Waals surface area (Å²) in [6.45, 7) is 5.56. The standard InChI is InChI=1S/C5H12N2O/c1-3-4-7(6)5(2)8/h3,5,8H,1,4,6H2,2H3. The molecule has 0 aromatic rings. The van der Waals surface area contributed by atoms with Gasteiger partial charge in [-0.25, -0.2) is 5.01 Å². The fourth-order valence-electron chi connectivity index (χ4n) is 0.302.